The topological polar surface area (TPSA) is 85.4 Å². The predicted molar refractivity (Wildman–Crippen MR) is 94.2 cm³/mol. The summed E-state index contributed by atoms with van der Waals surface area (Å²) in [4.78, 5) is 2.30. The predicted octanol–water partition coefficient (Wildman–Crippen LogP) is 1.19. The van der Waals surface area contributed by atoms with Crippen LogP contribution in [-0.2, 0) is 11.8 Å². The number of nitrogens with zero attached hydrogens (tertiary/aromatic N) is 5. The molecule has 0 spiro atoms. The molecule has 3 rings (SSSR count). The van der Waals surface area contributed by atoms with Gasteiger partial charge in [0.1, 0.15) is 6.61 Å². The molecular formula is C18H23N5O3. The Hall–Kier alpha value is -2.63. The van der Waals surface area contributed by atoms with Crippen LogP contribution in [0.2, 0.25) is 0 Å². The van der Waals surface area contributed by atoms with Gasteiger partial charge < -0.3 is 14.2 Å². The van der Waals surface area contributed by atoms with Gasteiger partial charge in [0, 0.05) is 52.0 Å². The summed E-state index contributed by atoms with van der Waals surface area (Å²) < 4.78 is 18.5. The molecule has 0 unspecified atom stereocenters. The largest absolute Gasteiger partial charge is 0.493 e. The number of methoxy groups -OCH3 is 2. The van der Waals surface area contributed by atoms with Gasteiger partial charge in [-0.2, -0.15) is 5.26 Å². The van der Waals surface area contributed by atoms with Crippen LogP contribution in [0.15, 0.2) is 24.4 Å². The summed E-state index contributed by atoms with van der Waals surface area (Å²) in [5.41, 5.74) is 1.50. The lowest BCUT2D eigenvalue weighted by Crippen LogP contribution is -2.27. The molecule has 1 aliphatic heterocycles. The zero-order valence-electron chi connectivity index (χ0n) is 15.3. The molecular weight excluding hydrogens is 334 g/mol. The van der Waals surface area contributed by atoms with Crippen molar-refractivity contribution in [2.75, 3.05) is 40.5 Å². The van der Waals surface area contributed by atoms with E-state index >= 15 is 0 Å². The molecule has 0 amide bonds. The van der Waals surface area contributed by atoms with E-state index < -0.39 is 0 Å². The third kappa shape index (κ3) is 3.95. The van der Waals surface area contributed by atoms with Gasteiger partial charge >= 0.3 is 0 Å². The Labute approximate surface area is 152 Å². The molecule has 2 heterocycles. The fourth-order valence-corrected chi connectivity index (χ4v) is 3.23. The Morgan fingerprint density at radius 3 is 2.77 bits per heavy atom. The summed E-state index contributed by atoms with van der Waals surface area (Å²) >= 11 is 0. The Morgan fingerprint density at radius 2 is 2.12 bits per heavy atom. The minimum absolute atomic E-state index is 0.0937. The molecule has 0 N–H and O–H groups in total. The van der Waals surface area contributed by atoms with Crippen LogP contribution >= 0.6 is 0 Å². The minimum Gasteiger partial charge on any atom is -0.493 e. The zero-order valence-corrected chi connectivity index (χ0v) is 15.3. The summed E-state index contributed by atoms with van der Waals surface area (Å²) in [6, 6.07) is 7.26. The van der Waals surface area contributed by atoms with Crippen molar-refractivity contribution in [3.8, 4) is 17.6 Å². The molecule has 2 atom stereocenters. The second-order valence-corrected chi connectivity index (χ2v) is 6.28. The van der Waals surface area contributed by atoms with Crippen LogP contribution in [-0.4, -0.2) is 66.5 Å². The number of aromatic nitrogens is 3. The van der Waals surface area contributed by atoms with Crippen LogP contribution in [0.25, 0.3) is 0 Å². The highest BCUT2D eigenvalue weighted by Gasteiger charge is 2.35. The van der Waals surface area contributed by atoms with Crippen molar-refractivity contribution in [1.29, 1.82) is 5.26 Å². The van der Waals surface area contributed by atoms with Gasteiger partial charge in [-0.15, -0.1) is 5.10 Å². The number of aryl methyl sites for hydroxylation is 1. The van der Waals surface area contributed by atoms with Crippen molar-refractivity contribution in [2.24, 2.45) is 7.05 Å². The molecule has 2 aromatic rings. The maximum Gasteiger partial charge on any atom is 0.162 e. The first-order chi connectivity index (χ1) is 12.6. The van der Waals surface area contributed by atoms with Crippen molar-refractivity contribution in [1.82, 2.24) is 19.9 Å². The number of nitriles is 1. The van der Waals surface area contributed by atoms with E-state index in [9.17, 15) is 0 Å². The van der Waals surface area contributed by atoms with E-state index in [4.69, 9.17) is 19.5 Å². The van der Waals surface area contributed by atoms with E-state index in [1.165, 1.54) is 0 Å². The van der Waals surface area contributed by atoms with Crippen molar-refractivity contribution >= 4 is 0 Å². The second kappa shape index (κ2) is 8.17. The Balaban J connectivity index is 1.56. The Bertz CT molecular complexity index is 785. The highest BCUT2D eigenvalue weighted by atomic mass is 16.5. The van der Waals surface area contributed by atoms with Crippen LogP contribution in [0.4, 0.5) is 0 Å². The molecule has 8 nitrogen and oxygen atoms in total. The number of hydrogen-bond acceptors (Lipinski definition) is 7. The van der Waals surface area contributed by atoms with Crippen LogP contribution < -0.4 is 9.47 Å². The molecule has 138 valence electrons. The highest BCUT2D eigenvalue weighted by Crippen LogP contribution is 2.29. The average Bonchev–Trinajstić information content (AvgIpc) is 3.27. The fourth-order valence-electron chi connectivity index (χ4n) is 3.23. The van der Waals surface area contributed by atoms with E-state index in [0.717, 1.165) is 25.3 Å². The quantitative estimate of drug-likeness (QED) is 0.736. The SMILES string of the molecule is COc1cc(C#N)ccc1OCCN1C[C@@H](OC)[C@H](c2cn(C)nn2)C1. The van der Waals surface area contributed by atoms with E-state index in [1.807, 2.05) is 13.2 Å². The van der Waals surface area contributed by atoms with E-state index in [-0.39, 0.29) is 12.0 Å². The van der Waals surface area contributed by atoms with Crippen molar-refractivity contribution in [2.45, 2.75) is 12.0 Å². The van der Waals surface area contributed by atoms with E-state index in [1.54, 1.807) is 37.1 Å². The van der Waals surface area contributed by atoms with E-state index in [0.29, 0.717) is 23.7 Å². The molecule has 1 fully saturated rings. The van der Waals surface area contributed by atoms with Crippen molar-refractivity contribution < 1.29 is 14.2 Å². The first-order valence-electron chi connectivity index (χ1n) is 8.47. The summed E-state index contributed by atoms with van der Waals surface area (Å²) in [7, 11) is 5.16. The first kappa shape index (κ1) is 18.2. The fraction of sp³-hybridized carbons (Fsp3) is 0.500. The number of ether oxygens (including phenoxy) is 3. The van der Waals surface area contributed by atoms with Gasteiger partial charge in [-0.3, -0.25) is 9.58 Å². The van der Waals surface area contributed by atoms with Gasteiger partial charge in [-0.25, -0.2) is 0 Å². The van der Waals surface area contributed by atoms with Crippen LogP contribution in [0.3, 0.4) is 0 Å². The lowest BCUT2D eigenvalue weighted by Gasteiger charge is -2.16. The summed E-state index contributed by atoms with van der Waals surface area (Å²) in [6.45, 7) is 2.96. The van der Waals surface area contributed by atoms with Gasteiger partial charge in [-0.05, 0) is 12.1 Å². The molecule has 1 aromatic carbocycles. The van der Waals surface area contributed by atoms with Crippen LogP contribution in [0.1, 0.15) is 17.2 Å². The third-order valence-electron chi connectivity index (χ3n) is 4.60. The molecule has 1 saturated heterocycles. The Kier molecular flexibility index (Phi) is 5.71. The normalized spacial score (nSPS) is 20.1. The summed E-state index contributed by atoms with van der Waals surface area (Å²) in [5, 5.41) is 17.2. The lowest BCUT2D eigenvalue weighted by atomic mass is 10.0. The zero-order chi connectivity index (χ0) is 18.5. The maximum atomic E-state index is 8.96. The van der Waals surface area contributed by atoms with Gasteiger partial charge in [-0.1, -0.05) is 5.21 Å². The monoisotopic (exact) mass is 357 g/mol. The number of benzene rings is 1. The molecule has 0 aliphatic carbocycles. The number of hydrogen-bond donors (Lipinski definition) is 0. The molecule has 1 aliphatic rings. The molecule has 26 heavy (non-hydrogen) atoms. The van der Waals surface area contributed by atoms with E-state index in [2.05, 4.69) is 21.3 Å². The second-order valence-electron chi connectivity index (χ2n) is 6.28. The van der Waals surface area contributed by atoms with Crippen molar-refractivity contribution in [3.63, 3.8) is 0 Å². The first-order valence-corrected chi connectivity index (χ1v) is 8.47. The molecule has 0 saturated carbocycles. The minimum atomic E-state index is 0.0937. The maximum absolute atomic E-state index is 8.96. The average molecular weight is 357 g/mol. The van der Waals surface area contributed by atoms with Gasteiger partial charge in [0.25, 0.3) is 0 Å². The van der Waals surface area contributed by atoms with Gasteiger partial charge in [0.15, 0.2) is 11.5 Å². The van der Waals surface area contributed by atoms with Crippen molar-refractivity contribution in [3.05, 3.63) is 35.7 Å². The highest BCUT2D eigenvalue weighted by molar-refractivity contribution is 5.46. The molecule has 1 aromatic heterocycles. The Morgan fingerprint density at radius 1 is 1.27 bits per heavy atom. The van der Waals surface area contributed by atoms with Gasteiger partial charge in [0.05, 0.1) is 30.5 Å². The van der Waals surface area contributed by atoms with Crippen LogP contribution in [0, 0.1) is 11.3 Å². The molecule has 0 bridgehead atoms. The smallest absolute Gasteiger partial charge is 0.162 e. The number of likely N-dealkylation sites (tertiary alicyclic amines) is 1. The van der Waals surface area contributed by atoms with Gasteiger partial charge in [0.2, 0.25) is 0 Å². The summed E-state index contributed by atoms with van der Waals surface area (Å²) in [6.07, 6.45) is 2.04. The molecule has 8 heteroatoms. The standard InChI is InChI=1S/C18H23N5O3/c1-22-11-15(20-21-22)14-10-23(12-18(14)25-3)6-7-26-16-5-4-13(9-19)8-17(16)24-2/h4-5,8,11,14,18H,6-7,10,12H2,1-3H3/t14-,18+/m0/s1. The lowest BCUT2D eigenvalue weighted by molar-refractivity contribution is 0.0947. The van der Waals surface area contributed by atoms with Crippen LogP contribution in [0.5, 0.6) is 11.5 Å². The number of rotatable bonds is 7. The third-order valence-corrected chi connectivity index (χ3v) is 4.60. The summed E-state index contributed by atoms with van der Waals surface area (Å²) in [5.74, 6) is 1.41. The molecule has 0 radical (unpaired) electrons.